The van der Waals surface area contributed by atoms with Crippen molar-refractivity contribution < 1.29 is 0 Å². The lowest BCUT2D eigenvalue weighted by atomic mass is 10.3. The molecule has 3 rings (SSSR count). The van der Waals surface area contributed by atoms with Crippen molar-refractivity contribution in [2.75, 3.05) is 24.7 Å². The van der Waals surface area contributed by atoms with Gasteiger partial charge in [0, 0.05) is 20.2 Å². The van der Waals surface area contributed by atoms with Crippen molar-refractivity contribution in [3.05, 3.63) is 30.5 Å². The van der Waals surface area contributed by atoms with Gasteiger partial charge in [-0.3, -0.25) is 0 Å². The van der Waals surface area contributed by atoms with Crippen molar-refractivity contribution in [1.82, 2.24) is 19.7 Å². The number of nitrogens with two attached hydrogens (primary N) is 1. The molecule has 0 aliphatic carbocycles. The number of hydrogen-bond donors (Lipinski definition) is 2. The molecule has 0 saturated heterocycles. The summed E-state index contributed by atoms with van der Waals surface area (Å²) in [6.07, 6.45) is 1.55. The van der Waals surface area contributed by atoms with Gasteiger partial charge in [-0.1, -0.05) is 0 Å². The van der Waals surface area contributed by atoms with E-state index in [2.05, 4.69) is 21.1 Å². The van der Waals surface area contributed by atoms with E-state index in [-0.39, 0.29) is 0 Å². The van der Waals surface area contributed by atoms with Gasteiger partial charge in [-0.15, -0.1) is 0 Å². The predicted molar refractivity (Wildman–Crippen MR) is 70.8 cm³/mol. The summed E-state index contributed by atoms with van der Waals surface area (Å²) in [6.45, 7) is 0. The lowest BCUT2D eigenvalue weighted by molar-refractivity contribution is 0.892. The SMILES string of the molecule is CN(C)c1nc2cc(-n3nc[c]c3N)ccc2[nH]1. The molecule has 0 spiro atoms. The molecule has 1 radical (unpaired) electrons. The third-order valence-electron chi connectivity index (χ3n) is 2.74. The lowest BCUT2D eigenvalue weighted by Crippen LogP contribution is -2.09. The molecule has 0 fully saturated rings. The minimum Gasteiger partial charge on any atom is -0.383 e. The Morgan fingerprint density at radius 3 is 2.89 bits per heavy atom. The van der Waals surface area contributed by atoms with E-state index in [1.54, 1.807) is 10.9 Å². The van der Waals surface area contributed by atoms with Crippen LogP contribution < -0.4 is 10.6 Å². The van der Waals surface area contributed by atoms with Crippen LogP contribution in [-0.4, -0.2) is 33.8 Å². The molecule has 2 aromatic heterocycles. The van der Waals surface area contributed by atoms with Crippen molar-refractivity contribution in [2.24, 2.45) is 0 Å². The number of H-pyrrole nitrogens is 1. The minimum atomic E-state index is 0.484. The fourth-order valence-corrected chi connectivity index (χ4v) is 1.81. The number of nitrogens with one attached hydrogen (secondary N) is 1. The number of benzene rings is 1. The molecule has 18 heavy (non-hydrogen) atoms. The summed E-state index contributed by atoms with van der Waals surface area (Å²) in [5, 5.41) is 4.12. The quantitative estimate of drug-likeness (QED) is 0.706. The van der Waals surface area contributed by atoms with Gasteiger partial charge < -0.3 is 15.6 Å². The Morgan fingerprint density at radius 2 is 2.22 bits per heavy atom. The molecule has 0 atom stereocenters. The Hall–Kier alpha value is -2.50. The van der Waals surface area contributed by atoms with Gasteiger partial charge in [0.1, 0.15) is 5.82 Å². The number of aromatic amines is 1. The highest BCUT2D eigenvalue weighted by Gasteiger charge is 2.07. The topological polar surface area (TPSA) is 75.8 Å². The number of fused-ring (bicyclic) bond motifs is 1. The van der Waals surface area contributed by atoms with Gasteiger partial charge >= 0.3 is 0 Å². The fraction of sp³-hybridized carbons (Fsp3) is 0.167. The molecule has 6 heteroatoms. The van der Waals surface area contributed by atoms with Crippen LogP contribution in [0.25, 0.3) is 16.7 Å². The summed E-state index contributed by atoms with van der Waals surface area (Å²) in [7, 11) is 3.89. The molecule has 0 aliphatic heterocycles. The maximum absolute atomic E-state index is 5.78. The molecule has 0 bridgehead atoms. The molecule has 0 aliphatic rings. The maximum atomic E-state index is 5.78. The molecule has 3 aromatic rings. The van der Waals surface area contributed by atoms with Gasteiger partial charge in [0.15, 0.2) is 0 Å². The van der Waals surface area contributed by atoms with Crippen molar-refractivity contribution in [3.63, 3.8) is 0 Å². The number of hydrogen-bond acceptors (Lipinski definition) is 4. The predicted octanol–water partition coefficient (Wildman–Crippen LogP) is 1.20. The normalized spacial score (nSPS) is 11.0. The van der Waals surface area contributed by atoms with Gasteiger partial charge in [-0.2, -0.15) is 5.10 Å². The summed E-state index contributed by atoms with van der Waals surface area (Å²) in [5.41, 5.74) is 8.52. The summed E-state index contributed by atoms with van der Waals surface area (Å²) in [6, 6.07) is 8.68. The van der Waals surface area contributed by atoms with Crippen molar-refractivity contribution >= 4 is 22.8 Å². The fourth-order valence-electron chi connectivity index (χ4n) is 1.81. The Labute approximate surface area is 104 Å². The minimum absolute atomic E-state index is 0.484. The zero-order valence-electron chi connectivity index (χ0n) is 10.2. The molecular weight excluding hydrogens is 228 g/mol. The first-order valence-electron chi connectivity index (χ1n) is 5.54. The van der Waals surface area contributed by atoms with Crippen molar-refractivity contribution in [1.29, 1.82) is 0 Å². The van der Waals surface area contributed by atoms with Gasteiger partial charge in [-0.05, 0) is 18.2 Å². The summed E-state index contributed by atoms with van der Waals surface area (Å²) in [5.74, 6) is 1.31. The zero-order valence-corrected chi connectivity index (χ0v) is 10.2. The summed E-state index contributed by atoms with van der Waals surface area (Å²) < 4.78 is 1.63. The number of imidazole rings is 1. The first-order valence-corrected chi connectivity index (χ1v) is 5.54. The lowest BCUT2D eigenvalue weighted by Gasteiger charge is -2.05. The van der Waals surface area contributed by atoms with E-state index < -0.39 is 0 Å². The molecule has 6 nitrogen and oxygen atoms in total. The Balaban J connectivity index is 2.14. The highest BCUT2D eigenvalue weighted by Crippen LogP contribution is 2.20. The average molecular weight is 241 g/mol. The smallest absolute Gasteiger partial charge is 0.203 e. The van der Waals surface area contributed by atoms with E-state index in [9.17, 15) is 0 Å². The third kappa shape index (κ3) is 1.58. The average Bonchev–Trinajstić information content (AvgIpc) is 2.93. The largest absolute Gasteiger partial charge is 0.383 e. The molecule has 0 unspecified atom stereocenters. The first-order chi connectivity index (χ1) is 8.65. The standard InChI is InChI=1S/C12H13N6/c1-17(2)12-15-9-4-3-8(7-10(9)16-12)18-11(13)5-6-14-18/h3-4,6-7H,13H2,1-2H3,(H,15,16). The summed E-state index contributed by atoms with van der Waals surface area (Å²) in [4.78, 5) is 9.65. The van der Waals surface area contributed by atoms with E-state index in [0.717, 1.165) is 22.7 Å². The van der Waals surface area contributed by atoms with E-state index >= 15 is 0 Å². The molecular formula is C12H13N6. The number of nitrogen functional groups attached to an aromatic ring is 1. The number of aromatic nitrogens is 4. The molecule has 1 aromatic carbocycles. The second-order valence-electron chi connectivity index (χ2n) is 4.24. The van der Waals surface area contributed by atoms with Gasteiger partial charge in [0.2, 0.25) is 5.95 Å². The van der Waals surface area contributed by atoms with E-state index in [1.165, 1.54) is 0 Å². The molecule has 2 heterocycles. The van der Waals surface area contributed by atoms with E-state index in [1.807, 2.05) is 37.2 Å². The van der Waals surface area contributed by atoms with Crippen LogP contribution in [-0.2, 0) is 0 Å². The van der Waals surface area contributed by atoms with Crippen molar-refractivity contribution in [3.8, 4) is 5.69 Å². The molecule has 3 N–H and O–H groups in total. The second-order valence-corrected chi connectivity index (χ2v) is 4.24. The second kappa shape index (κ2) is 3.76. The Morgan fingerprint density at radius 1 is 1.39 bits per heavy atom. The van der Waals surface area contributed by atoms with Crippen LogP contribution in [0.1, 0.15) is 0 Å². The van der Waals surface area contributed by atoms with Gasteiger partial charge in [0.25, 0.3) is 0 Å². The van der Waals surface area contributed by atoms with Crippen LogP contribution in [0.4, 0.5) is 11.8 Å². The molecule has 0 amide bonds. The maximum Gasteiger partial charge on any atom is 0.203 e. The van der Waals surface area contributed by atoms with Crippen LogP contribution in [0.2, 0.25) is 0 Å². The third-order valence-corrected chi connectivity index (χ3v) is 2.74. The monoisotopic (exact) mass is 241 g/mol. The van der Waals surface area contributed by atoms with Crippen molar-refractivity contribution in [2.45, 2.75) is 0 Å². The Kier molecular flexibility index (Phi) is 2.22. The van der Waals surface area contributed by atoms with Crippen LogP contribution in [0.5, 0.6) is 0 Å². The highest BCUT2D eigenvalue weighted by molar-refractivity contribution is 5.80. The Bertz CT molecular complexity index is 693. The summed E-state index contributed by atoms with van der Waals surface area (Å²) >= 11 is 0. The van der Waals surface area contributed by atoms with Crippen LogP contribution in [0.3, 0.4) is 0 Å². The van der Waals surface area contributed by atoms with Crippen LogP contribution in [0.15, 0.2) is 24.4 Å². The van der Waals surface area contributed by atoms with Crippen LogP contribution >= 0.6 is 0 Å². The highest BCUT2D eigenvalue weighted by atomic mass is 15.3. The van der Waals surface area contributed by atoms with Gasteiger partial charge in [-0.25, -0.2) is 9.67 Å². The molecule has 91 valence electrons. The molecule has 0 saturated carbocycles. The zero-order chi connectivity index (χ0) is 12.7. The van der Waals surface area contributed by atoms with E-state index in [4.69, 9.17) is 5.73 Å². The number of anilines is 2. The van der Waals surface area contributed by atoms with Gasteiger partial charge in [0.05, 0.1) is 22.9 Å². The van der Waals surface area contributed by atoms with E-state index in [0.29, 0.717) is 5.82 Å². The first kappa shape index (κ1) is 10.6. The van der Waals surface area contributed by atoms with Crippen LogP contribution in [0, 0.1) is 6.07 Å². The number of nitrogens with zero attached hydrogens (tertiary/aromatic N) is 4. The number of rotatable bonds is 2.